The van der Waals surface area contributed by atoms with Crippen LogP contribution >= 0.6 is 0 Å². The summed E-state index contributed by atoms with van der Waals surface area (Å²) in [5.41, 5.74) is 16.5. The average Bonchev–Trinajstić information content (AvgIpc) is 3.45. The molecule has 2 aliphatic rings. The van der Waals surface area contributed by atoms with Crippen molar-refractivity contribution < 1.29 is 0 Å². The predicted molar refractivity (Wildman–Crippen MR) is 222 cm³/mol. The summed E-state index contributed by atoms with van der Waals surface area (Å²) in [6, 6.07) is 66.1. The van der Waals surface area contributed by atoms with E-state index in [2.05, 4.69) is 164 Å². The van der Waals surface area contributed by atoms with Gasteiger partial charge in [-0.05, 0) is 52.1 Å². The lowest BCUT2D eigenvalue weighted by atomic mass is 9.82. The van der Waals surface area contributed by atoms with Gasteiger partial charge in [0.2, 0.25) is 0 Å². The third-order valence-electron chi connectivity index (χ3n) is 10.7. The maximum atomic E-state index is 9.72. The zero-order valence-corrected chi connectivity index (χ0v) is 29.8. The second-order valence-electron chi connectivity index (χ2n) is 14.2. The highest BCUT2D eigenvalue weighted by Crippen LogP contribution is 2.52. The standard InChI is InChI=1S/C50H39N3/c1-50(2)43-30-18-17-27-39(43)40-32-31-38(33-44(40)50)53(37-25-13-6-14-26-37)49-42-29-16-15-28-41(42)48(52-47(49)36-23-11-5-12-24-36)45(34-19-7-3-8-20-34)46(51)35-21-9-4-10-22-35/h3-33,51-52H,1-2H3/b48-45-,51-46?. The minimum atomic E-state index is -0.151. The number of para-hydroxylation sites is 1. The quantitative estimate of drug-likeness (QED) is 0.164. The second kappa shape index (κ2) is 13.1. The molecular weight excluding hydrogens is 643 g/mol. The first-order valence-electron chi connectivity index (χ1n) is 18.2. The van der Waals surface area contributed by atoms with Crippen molar-refractivity contribution in [3.8, 4) is 11.1 Å². The molecule has 254 valence electrons. The van der Waals surface area contributed by atoms with Crippen molar-refractivity contribution in [3.63, 3.8) is 0 Å². The Morgan fingerprint density at radius 3 is 1.70 bits per heavy atom. The molecule has 3 heteroatoms. The highest BCUT2D eigenvalue weighted by molar-refractivity contribution is 6.36. The predicted octanol–water partition coefficient (Wildman–Crippen LogP) is 12.2. The molecule has 0 aromatic heterocycles. The van der Waals surface area contributed by atoms with Crippen LogP contribution in [0.15, 0.2) is 188 Å². The van der Waals surface area contributed by atoms with Crippen molar-refractivity contribution in [1.29, 1.82) is 5.41 Å². The maximum absolute atomic E-state index is 9.72. The van der Waals surface area contributed by atoms with E-state index >= 15 is 0 Å². The van der Waals surface area contributed by atoms with E-state index in [-0.39, 0.29) is 5.41 Å². The molecule has 2 N–H and O–H groups in total. The van der Waals surface area contributed by atoms with E-state index in [1.54, 1.807) is 0 Å². The molecule has 0 saturated carbocycles. The summed E-state index contributed by atoms with van der Waals surface area (Å²) in [4.78, 5) is 2.41. The molecule has 0 radical (unpaired) electrons. The van der Waals surface area contributed by atoms with Gasteiger partial charge < -0.3 is 10.2 Å². The normalized spacial score (nSPS) is 14.8. The highest BCUT2D eigenvalue weighted by Gasteiger charge is 2.37. The SMILES string of the molecule is CC1(C)c2ccccc2-c2ccc(N(C3=C(c4ccccc4)N/C(=C(\C(=N)c4ccccc4)c4ccccc4)c4ccccc43)c3ccccc3)cc21. The molecule has 7 aromatic carbocycles. The van der Waals surface area contributed by atoms with E-state index in [0.717, 1.165) is 61.9 Å². The summed E-state index contributed by atoms with van der Waals surface area (Å²) in [5.74, 6) is 0. The van der Waals surface area contributed by atoms with Gasteiger partial charge in [-0.1, -0.05) is 178 Å². The zero-order valence-electron chi connectivity index (χ0n) is 29.8. The van der Waals surface area contributed by atoms with Gasteiger partial charge in [0.1, 0.15) is 0 Å². The molecule has 0 amide bonds. The number of nitrogens with one attached hydrogen (secondary N) is 2. The molecule has 0 fully saturated rings. The van der Waals surface area contributed by atoms with Crippen LogP contribution in [0.25, 0.3) is 33.8 Å². The molecule has 1 aliphatic heterocycles. The smallest absolute Gasteiger partial charge is 0.0782 e. The number of hydrogen-bond donors (Lipinski definition) is 2. The Labute approximate surface area is 311 Å². The van der Waals surface area contributed by atoms with E-state index in [0.29, 0.717) is 5.71 Å². The molecule has 3 nitrogen and oxygen atoms in total. The zero-order chi connectivity index (χ0) is 35.9. The maximum Gasteiger partial charge on any atom is 0.0782 e. The molecule has 7 aromatic rings. The van der Waals surface area contributed by atoms with Crippen molar-refractivity contribution in [3.05, 3.63) is 227 Å². The summed E-state index contributed by atoms with van der Waals surface area (Å²) in [5, 5.41) is 13.7. The van der Waals surface area contributed by atoms with E-state index in [1.807, 2.05) is 48.5 Å². The molecule has 0 spiro atoms. The fourth-order valence-corrected chi connectivity index (χ4v) is 8.12. The minimum Gasteiger partial charge on any atom is -0.352 e. The highest BCUT2D eigenvalue weighted by atomic mass is 15.2. The van der Waals surface area contributed by atoms with Crippen molar-refractivity contribution >= 4 is 39.8 Å². The van der Waals surface area contributed by atoms with Gasteiger partial charge in [-0.25, -0.2) is 0 Å². The summed E-state index contributed by atoms with van der Waals surface area (Å²) >= 11 is 0. The van der Waals surface area contributed by atoms with Crippen LogP contribution in [0.5, 0.6) is 0 Å². The van der Waals surface area contributed by atoms with Crippen molar-refractivity contribution in [2.75, 3.05) is 4.90 Å². The summed E-state index contributed by atoms with van der Waals surface area (Å²) in [6.07, 6.45) is 0. The van der Waals surface area contributed by atoms with Gasteiger partial charge in [-0.2, -0.15) is 0 Å². The first kappa shape index (κ1) is 32.2. The van der Waals surface area contributed by atoms with Gasteiger partial charge in [-0.3, -0.25) is 5.41 Å². The Balaban J connectivity index is 1.34. The molecule has 1 heterocycles. The van der Waals surface area contributed by atoms with Crippen molar-refractivity contribution in [2.45, 2.75) is 19.3 Å². The van der Waals surface area contributed by atoms with Crippen LogP contribution in [-0.2, 0) is 5.41 Å². The van der Waals surface area contributed by atoms with Crippen molar-refractivity contribution in [1.82, 2.24) is 5.32 Å². The van der Waals surface area contributed by atoms with Gasteiger partial charge in [0.15, 0.2) is 0 Å². The summed E-state index contributed by atoms with van der Waals surface area (Å²) < 4.78 is 0. The first-order chi connectivity index (χ1) is 26.0. The second-order valence-corrected chi connectivity index (χ2v) is 14.2. The van der Waals surface area contributed by atoms with E-state index in [9.17, 15) is 5.41 Å². The van der Waals surface area contributed by atoms with Crippen LogP contribution in [0.3, 0.4) is 0 Å². The molecule has 0 bridgehead atoms. The topological polar surface area (TPSA) is 39.1 Å². The molecule has 53 heavy (non-hydrogen) atoms. The Hall–Kier alpha value is -6.71. The van der Waals surface area contributed by atoms with Crippen LogP contribution in [-0.4, -0.2) is 5.71 Å². The lowest BCUT2D eigenvalue weighted by Crippen LogP contribution is -2.29. The van der Waals surface area contributed by atoms with Crippen LogP contribution in [0.2, 0.25) is 0 Å². The Kier molecular flexibility index (Phi) is 7.97. The van der Waals surface area contributed by atoms with Crippen molar-refractivity contribution in [2.24, 2.45) is 0 Å². The fraction of sp³-hybridized carbons (Fsp3) is 0.0600. The molecule has 1 aliphatic carbocycles. The third kappa shape index (κ3) is 5.49. The molecular formula is C50H39N3. The minimum absolute atomic E-state index is 0.151. The molecule has 0 atom stereocenters. The van der Waals surface area contributed by atoms with Gasteiger partial charge >= 0.3 is 0 Å². The van der Waals surface area contributed by atoms with E-state index in [4.69, 9.17) is 0 Å². The summed E-state index contributed by atoms with van der Waals surface area (Å²) in [7, 11) is 0. The first-order valence-corrected chi connectivity index (χ1v) is 18.2. The lowest BCUT2D eigenvalue weighted by Gasteiger charge is -2.37. The molecule has 9 rings (SSSR count). The van der Waals surface area contributed by atoms with E-state index < -0.39 is 0 Å². The number of fused-ring (bicyclic) bond motifs is 4. The lowest BCUT2D eigenvalue weighted by molar-refractivity contribution is 0.660. The summed E-state index contributed by atoms with van der Waals surface area (Å²) in [6.45, 7) is 4.68. The Bertz CT molecular complexity index is 2550. The number of benzene rings is 7. The number of allylic oxidation sites excluding steroid dienone is 1. The number of nitrogens with zero attached hydrogens (tertiary/aromatic N) is 1. The van der Waals surface area contributed by atoms with Gasteiger partial charge in [0.25, 0.3) is 0 Å². The van der Waals surface area contributed by atoms with Crippen LogP contribution in [0, 0.1) is 5.41 Å². The average molecular weight is 682 g/mol. The van der Waals surface area contributed by atoms with Gasteiger partial charge in [0, 0.05) is 44.6 Å². The number of rotatable bonds is 7. The monoisotopic (exact) mass is 681 g/mol. The number of anilines is 2. The molecule has 0 unspecified atom stereocenters. The van der Waals surface area contributed by atoms with Crippen LogP contribution in [0.1, 0.15) is 52.8 Å². The Morgan fingerprint density at radius 2 is 1.02 bits per heavy atom. The van der Waals surface area contributed by atoms with E-state index in [1.165, 1.54) is 22.3 Å². The fourth-order valence-electron chi connectivity index (χ4n) is 8.12. The van der Waals surface area contributed by atoms with Gasteiger partial charge in [0.05, 0.1) is 22.8 Å². The van der Waals surface area contributed by atoms with Crippen LogP contribution < -0.4 is 10.2 Å². The van der Waals surface area contributed by atoms with Gasteiger partial charge in [-0.15, -0.1) is 0 Å². The third-order valence-corrected chi connectivity index (χ3v) is 10.7. The largest absolute Gasteiger partial charge is 0.352 e. The van der Waals surface area contributed by atoms with Crippen LogP contribution in [0.4, 0.5) is 11.4 Å². The molecule has 0 saturated heterocycles. The number of hydrogen-bond acceptors (Lipinski definition) is 3. The Morgan fingerprint density at radius 1 is 0.491 bits per heavy atom.